The lowest BCUT2D eigenvalue weighted by molar-refractivity contribution is -0.122. The van der Waals surface area contributed by atoms with Crippen LogP contribution in [0.1, 0.15) is 28.4 Å². The molecule has 0 fully saturated rings. The van der Waals surface area contributed by atoms with Crippen LogP contribution in [0.3, 0.4) is 0 Å². The molecule has 0 aliphatic carbocycles. The number of nitrogens with two attached hydrogens (primary N) is 1. The number of benzene rings is 2. The van der Waals surface area contributed by atoms with Crippen molar-refractivity contribution in [2.45, 2.75) is 26.9 Å². The van der Waals surface area contributed by atoms with Crippen LogP contribution >= 0.6 is 11.6 Å². The quantitative estimate of drug-likeness (QED) is 0.869. The fourth-order valence-corrected chi connectivity index (χ4v) is 2.34. The number of primary amides is 1. The third-order valence-electron chi connectivity index (χ3n) is 3.51. The molecule has 6 heteroatoms. The van der Waals surface area contributed by atoms with Gasteiger partial charge in [0.25, 0.3) is 5.91 Å². The molecule has 1 unspecified atom stereocenters. The van der Waals surface area contributed by atoms with Crippen molar-refractivity contribution >= 4 is 29.1 Å². The summed E-state index contributed by atoms with van der Waals surface area (Å²) in [6.45, 7) is 5.40. The Hall–Kier alpha value is -2.53. The summed E-state index contributed by atoms with van der Waals surface area (Å²) in [4.78, 5) is 23.4. The van der Waals surface area contributed by atoms with Crippen molar-refractivity contribution in [2.75, 3.05) is 5.32 Å². The van der Waals surface area contributed by atoms with E-state index >= 15 is 0 Å². The first kappa shape index (κ1) is 17.8. The zero-order valence-corrected chi connectivity index (χ0v) is 14.5. The maximum absolute atomic E-state index is 12.3. The minimum Gasteiger partial charge on any atom is -0.481 e. The van der Waals surface area contributed by atoms with Crippen molar-refractivity contribution in [3.8, 4) is 5.75 Å². The highest BCUT2D eigenvalue weighted by molar-refractivity contribution is 6.32. The third kappa shape index (κ3) is 4.26. The number of ether oxygens (including phenoxy) is 1. The second-order valence-electron chi connectivity index (χ2n) is 5.57. The molecule has 2 amide bonds. The number of carbonyl (C=O) groups excluding carboxylic acids is 2. The third-order valence-corrected chi connectivity index (χ3v) is 4.10. The highest BCUT2D eigenvalue weighted by atomic mass is 35.5. The van der Waals surface area contributed by atoms with Crippen LogP contribution in [0.4, 0.5) is 5.69 Å². The summed E-state index contributed by atoms with van der Waals surface area (Å²) in [6.07, 6.45) is -0.720. The molecule has 2 aromatic carbocycles. The zero-order valence-electron chi connectivity index (χ0n) is 13.7. The number of nitrogens with one attached hydrogen (secondary N) is 1. The van der Waals surface area contributed by atoms with Gasteiger partial charge in [-0.1, -0.05) is 17.7 Å². The van der Waals surface area contributed by atoms with Crippen LogP contribution in [0.5, 0.6) is 5.75 Å². The van der Waals surface area contributed by atoms with Crippen molar-refractivity contribution in [1.29, 1.82) is 0 Å². The van der Waals surface area contributed by atoms with Crippen LogP contribution in [-0.2, 0) is 4.79 Å². The zero-order chi connectivity index (χ0) is 17.9. The van der Waals surface area contributed by atoms with E-state index in [2.05, 4.69) is 5.32 Å². The van der Waals surface area contributed by atoms with Crippen LogP contribution in [-0.4, -0.2) is 17.9 Å². The summed E-state index contributed by atoms with van der Waals surface area (Å²) in [7, 11) is 0. The fourth-order valence-electron chi connectivity index (χ4n) is 2.23. The Morgan fingerprint density at radius 3 is 2.38 bits per heavy atom. The molecule has 1 atom stereocenters. The first-order valence-electron chi connectivity index (χ1n) is 7.42. The normalized spacial score (nSPS) is 11.7. The molecule has 0 heterocycles. The standard InChI is InChI=1S/C18H19ClN2O3/c1-10-7-15(8-11(2)16(10)19)24-12(3)18(23)21-14-6-4-5-13(9-14)17(20)22/h4-9,12H,1-3H3,(H2,20,22)(H,21,23). The Bertz CT molecular complexity index is 767. The molecule has 0 aliphatic heterocycles. The summed E-state index contributed by atoms with van der Waals surface area (Å²) in [6, 6.07) is 9.99. The monoisotopic (exact) mass is 346 g/mol. The Kier molecular flexibility index (Phi) is 5.46. The molecule has 0 aliphatic rings. The molecule has 0 radical (unpaired) electrons. The number of halogens is 1. The predicted octanol–water partition coefficient (Wildman–Crippen LogP) is 3.46. The van der Waals surface area contributed by atoms with E-state index in [0.717, 1.165) is 11.1 Å². The van der Waals surface area contributed by atoms with Gasteiger partial charge < -0.3 is 15.8 Å². The summed E-state index contributed by atoms with van der Waals surface area (Å²) >= 11 is 6.12. The highest BCUT2D eigenvalue weighted by Crippen LogP contribution is 2.26. The smallest absolute Gasteiger partial charge is 0.265 e. The lowest BCUT2D eigenvalue weighted by Crippen LogP contribution is -2.30. The van der Waals surface area contributed by atoms with Gasteiger partial charge >= 0.3 is 0 Å². The maximum atomic E-state index is 12.3. The number of anilines is 1. The second kappa shape index (κ2) is 7.36. The largest absolute Gasteiger partial charge is 0.481 e. The van der Waals surface area contributed by atoms with Gasteiger partial charge in [0.05, 0.1) is 0 Å². The van der Waals surface area contributed by atoms with Crippen molar-refractivity contribution < 1.29 is 14.3 Å². The van der Waals surface area contributed by atoms with Gasteiger partial charge in [0, 0.05) is 16.3 Å². The molecule has 0 saturated carbocycles. The van der Waals surface area contributed by atoms with Gasteiger partial charge in [-0.25, -0.2) is 0 Å². The Morgan fingerprint density at radius 1 is 1.17 bits per heavy atom. The second-order valence-corrected chi connectivity index (χ2v) is 5.94. The molecule has 126 valence electrons. The average Bonchev–Trinajstić information content (AvgIpc) is 2.52. The van der Waals surface area contributed by atoms with Gasteiger partial charge in [0.1, 0.15) is 5.75 Å². The van der Waals surface area contributed by atoms with Crippen molar-refractivity contribution in [2.24, 2.45) is 5.73 Å². The maximum Gasteiger partial charge on any atom is 0.265 e. The molecular weight excluding hydrogens is 328 g/mol. The van der Waals surface area contributed by atoms with E-state index < -0.39 is 12.0 Å². The molecular formula is C18H19ClN2O3. The fraction of sp³-hybridized carbons (Fsp3) is 0.222. The van der Waals surface area contributed by atoms with Crippen LogP contribution in [0.25, 0.3) is 0 Å². The number of carbonyl (C=O) groups is 2. The Labute approximate surface area is 145 Å². The number of hydrogen-bond donors (Lipinski definition) is 2. The SMILES string of the molecule is Cc1cc(OC(C)C(=O)Nc2cccc(C(N)=O)c2)cc(C)c1Cl. The molecule has 0 spiro atoms. The van der Waals surface area contributed by atoms with Gasteiger partial charge in [-0.2, -0.15) is 0 Å². The van der Waals surface area contributed by atoms with E-state index in [-0.39, 0.29) is 5.91 Å². The Balaban J connectivity index is 2.07. The Morgan fingerprint density at radius 2 is 1.79 bits per heavy atom. The van der Waals surface area contributed by atoms with E-state index in [0.29, 0.717) is 22.0 Å². The molecule has 3 N–H and O–H groups in total. The van der Waals surface area contributed by atoms with E-state index in [9.17, 15) is 9.59 Å². The number of amides is 2. The molecule has 0 aromatic heterocycles. The molecule has 2 aromatic rings. The molecule has 24 heavy (non-hydrogen) atoms. The van der Waals surface area contributed by atoms with Gasteiger partial charge in [-0.05, 0) is 62.2 Å². The van der Waals surface area contributed by atoms with Gasteiger partial charge in [0.2, 0.25) is 5.91 Å². The predicted molar refractivity (Wildman–Crippen MR) is 94.6 cm³/mol. The average molecular weight is 347 g/mol. The van der Waals surface area contributed by atoms with Crippen molar-refractivity contribution in [3.05, 3.63) is 58.1 Å². The van der Waals surface area contributed by atoms with E-state index in [1.165, 1.54) is 6.07 Å². The minimum absolute atomic E-state index is 0.324. The summed E-state index contributed by atoms with van der Waals surface area (Å²) in [5.74, 6) is -0.313. The van der Waals surface area contributed by atoms with E-state index in [1.54, 1.807) is 37.3 Å². The molecule has 2 rings (SSSR count). The summed E-state index contributed by atoms with van der Waals surface area (Å²) in [5, 5.41) is 3.38. The number of hydrogen-bond acceptors (Lipinski definition) is 3. The van der Waals surface area contributed by atoms with Crippen LogP contribution in [0.2, 0.25) is 5.02 Å². The lowest BCUT2D eigenvalue weighted by Gasteiger charge is -2.16. The van der Waals surface area contributed by atoms with E-state index in [4.69, 9.17) is 22.1 Å². The van der Waals surface area contributed by atoms with Gasteiger partial charge in [0.15, 0.2) is 6.10 Å². The number of aryl methyl sites for hydroxylation is 2. The van der Waals surface area contributed by atoms with E-state index in [1.807, 2.05) is 13.8 Å². The first-order valence-corrected chi connectivity index (χ1v) is 7.80. The highest BCUT2D eigenvalue weighted by Gasteiger charge is 2.16. The molecule has 0 saturated heterocycles. The van der Waals surface area contributed by atoms with Gasteiger partial charge in [-0.3, -0.25) is 9.59 Å². The first-order chi connectivity index (χ1) is 11.3. The summed E-state index contributed by atoms with van der Waals surface area (Å²) in [5.41, 5.74) is 7.80. The van der Waals surface area contributed by atoms with Crippen LogP contribution in [0.15, 0.2) is 36.4 Å². The van der Waals surface area contributed by atoms with Crippen LogP contribution in [0, 0.1) is 13.8 Å². The van der Waals surface area contributed by atoms with Crippen LogP contribution < -0.4 is 15.8 Å². The summed E-state index contributed by atoms with van der Waals surface area (Å²) < 4.78 is 5.68. The number of rotatable bonds is 5. The molecule has 0 bridgehead atoms. The lowest BCUT2D eigenvalue weighted by atomic mass is 10.1. The molecule has 5 nitrogen and oxygen atoms in total. The van der Waals surface area contributed by atoms with Crippen molar-refractivity contribution in [1.82, 2.24) is 0 Å². The minimum atomic E-state index is -0.720. The topological polar surface area (TPSA) is 81.4 Å². The van der Waals surface area contributed by atoms with Crippen molar-refractivity contribution in [3.63, 3.8) is 0 Å². The van der Waals surface area contributed by atoms with Gasteiger partial charge in [-0.15, -0.1) is 0 Å².